The van der Waals surface area contributed by atoms with Crippen molar-refractivity contribution in [2.75, 3.05) is 37.6 Å². The van der Waals surface area contributed by atoms with E-state index in [1.807, 2.05) is 22.6 Å². The minimum atomic E-state index is -0.283. The Balaban J connectivity index is 2.04. The molecule has 0 aliphatic carbocycles. The number of aryl methyl sites for hydroxylation is 1. The van der Waals surface area contributed by atoms with Gasteiger partial charge in [-0.1, -0.05) is 26.8 Å². The number of amides is 1. The van der Waals surface area contributed by atoms with Crippen LogP contribution in [0.2, 0.25) is 0 Å². The molecule has 1 saturated heterocycles. The van der Waals surface area contributed by atoms with E-state index >= 15 is 0 Å². The summed E-state index contributed by atoms with van der Waals surface area (Å²) in [6.07, 6.45) is 0.528. The monoisotopic (exact) mass is 443 g/mol. The van der Waals surface area contributed by atoms with Crippen LogP contribution in [-0.4, -0.2) is 64.3 Å². The Morgan fingerprint density at radius 3 is 2.41 bits per heavy atom. The highest BCUT2D eigenvalue weighted by Gasteiger charge is 2.28. The summed E-state index contributed by atoms with van der Waals surface area (Å²) >= 11 is 0. The molecule has 6 nitrogen and oxygen atoms in total. The Kier molecular flexibility index (Phi) is 7.93. The fraction of sp³-hybridized carbons (Fsp3) is 0.600. The van der Waals surface area contributed by atoms with Gasteiger partial charge in [-0.05, 0) is 51.4 Å². The van der Waals surface area contributed by atoms with E-state index in [-0.39, 0.29) is 17.8 Å². The molecule has 0 unspecified atom stereocenters. The smallest absolute Gasteiger partial charge is 0.223 e. The average Bonchev–Trinajstić information content (AvgIpc) is 3.07. The summed E-state index contributed by atoms with van der Waals surface area (Å²) in [4.78, 5) is 19.8. The van der Waals surface area contributed by atoms with Crippen LogP contribution < -0.4 is 4.90 Å². The van der Waals surface area contributed by atoms with Gasteiger partial charge in [0.25, 0.3) is 0 Å². The first-order valence-electron chi connectivity index (χ1n) is 11.8. The fourth-order valence-corrected chi connectivity index (χ4v) is 4.32. The van der Waals surface area contributed by atoms with Crippen LogP contribution in [0.15, 0.2) is 24.3 Å². The first-order chi connectivity index (χ1) is 15.2. The van der Waals surface area contributed by atoms with Gasteiger partial charge >= 0.3 is 0 Å². The van der Waals surface area contributed by atoms with Crippen molar-refractivity contribution in [2.24, 2.45) is 5.92 Å². The number of hydrogen-bond acceptors (Lipinski definition) is 4. The van der Waals surface area contributed by atoms with E-state index in [0.29, 0.717) is 24.6 Å². The Morgan fingerprint density at radius 1 is 1.16 bits per heavy atom. The van der Waals surface area contributed by atoms with Crippen molar-refractivity contribution < 1.29 is 9.18 Å². The van der Waals surface area contributed by atoms with E-state index in [1.165, 1.54) is 12.1 Å². The van der Waals surface area contributed by atoms with E-state index in [0.717, 1.165) is 49.8 Å². The van der Waals surface area contributed by atoms with Gasteiger partial charge in [0.1, 0.15) is 11.6 Å². The van der Waals surface area contributed by atoms with Gasteiger partial charge in [-0.2, -0.15) is 5.10 Å². The Hall–Kier alpha value is -2.41. The lowest BCUT2D eigenvalue weighted by Crippen LogP contribution is -2.47. The molecule has 1 aliphatic heterocycles. The molecule has 2 heterocycles. The summed E-state index contributed by atoms with van der Waals surface area (Å²) in [5.74, 6) is 1.16. The molecule has 1 aromatic carbocycles. The van der Waals surface area contributed by atoms with Crippen LogP contribution in [0.5, 0.6) is 0 Å². The number of aromatic nitrogens is 2. The van der Waals surface area contributed by atoms with Crippen molar-refractivity contribution >= 4 is 11.7 Å². The largest absolute Gasteiger partial charge is 0.354 e. The van der Waals surface area contributed by atoms with Crippen molar-refractivity contribution in [2.45, 2.75) is 60.5 Å². The normalized spacial score (nSPS) is 15.1. The van der Waals surface area contributed by atoms with E-state index in [9.17, 15) is 9.18 Å². The minimum Gasteiger partial charge on any atom is -0.354 e. The predicted molar refractivity (Wildman–Crippen MR) is 128 cm³/mol. The van der Waals surface area contributed by atoms with E-state index in [1.54, 1.807) is 6.07 Å². The van der Waals surface area contributed by atoms with Gasteiger partial charge < -0.3 is 14.7 Å². The maximum absolute atomic E-state index is 14.1. The molecule has 3 rings (SSSR count). The molecule has 0 atom stereocenters. The zero-order valence-corrected chi connectivity index (χ0v) is 20.4. The minimum absolute atomic E-state index is 0.0861. The molecule has 176 valence electrons. The lowest BCUT2D eigenvalue weighted by Gasteiger charge is -2.37. The number of piperazine rings is 1. The number of carbonyl (C=O) groups excluding carboxylic acids is 1. The van der Waals surface area contributed by atoms with Gasteiger partial charge in [-0.15, -0.1) is 0 Å². The van der Waals surface area contributed by atoms with E-state index in [4.69, 9.17) is 5.10 Å². The number of rotatable bonds is 8. The van der Waals surface area contributed by atoms with E-state index < -0.39 is 0 Å². The lowest BCUT2D eigenvalue weighted by atomic mass is 10.1. The Bertz CT molecular complexity index is 915. The molecule has 32 heavy (non-hydrogen) atoms. The third-order valence-corrected chi connectivity index (χ3v) is 6.18. The molecule has 0 saturated carbocycles. The highest BCUT2D eigenvalue weighted by atomic mass is 19.1. The highest BCUT2D eigenvalue weighted by molar-refractivity contribution is 5.77. The Labute approximate surface area is 192 Å². The number of likely N-dealkylation sites (N-methyl/N-ethyl adjacent to an activating group) is 1. The van der Waals surface area contributed by atoms with Gasteiger partial charge in [0.2, 0.25) is 5.91 Å². The first-order valence-corrected chi connectivity index (χ1v) is 11.8. The molecular formula is C25H38FN5O. The molecule has 1 fully saturated rings. The Morgan fingerprint density at radius 2 is 1.84 bits per heavy atom. The molecule has 0 spiro atoms. The third-order valence-electron chi connectivity index (χ3n) is 6.18. The maximum atomic E-state index is 14.1. The fourth-order valence-electron chi connectivity index (χ4n) is 4.32. The number of hydrogen-bond donors (Lipinski definition) is 0. The number of carbonyl (C=O) groups is 1. The molecule has 2 aromatic rings. The third kappa shape index (κ3) is 5.49. The second-order valence-corrected chi connectivity index (χ2v) is 9.41. The van der Waals surface area contributed by atoms with Gasteiger partial charge in [0.05, 0.1) is 17.9 Å². The van der Waals surface area contributed by atoms with Crippen molar-refractivity contribution in [3.63, 3.8) is 0 Å². The highest BCUT2D eigenvalue weighted by Crippen LogP contribution is 2.30. The molecule has 1 aliphatic rings. The molecule has 1 aromatic heterocycles. The average molecular weight is 444 g/mol. The summed E-state index contributed by atoms with van der Waals surface area (Å²) < 4.78 is 15.9. The number of halogens is 1. The van der Waals surface area contributed by atoms with Gasteiger partial charge in [0.15, 0.2) is 0 Å². The van der Waals surface area contributed by atoms with Crippen LogP contribution in [0.25, 0.3) is 5.69 Å². The van der Waals surface area contributed by atoms with Crippen molar-refractivity contribution in [1.29, 1.82) is 0 Å². The lowest BCUT2D eigenvalue weighted by molar-refractivity contribution is -0.134. The van der Waals surface area contributed by atoms with Crippen molar-refractivity contribution in [3.8, 4) is 5.69 Å². The van der Waals surface area contributed by atoms with Crippen molar-refractivity contribution in [1.82, 2.24) is 19.6 Å². The zero-order chi connectivity index (χ0) is 23.4. The van der Waals surface area contributed by atoms with Crippen molar-refractivity contribution in [3.05, 3.63) is 41.3 Å². The molecular weight excluding hydrogens is 405 g/mol. The zero-order valence-electron chi connectivity index (χ0n) is 20.4. The van der Waals surface area contributed by atoms with Crippen LogP contribution in [0, 0.1) is 18.7 Å². The summed E-state index contributed by atoms with van der Waals surface area (Å²) in [6, 6.07) is 6.66. The first kappa shape index (κ1) is 24.2. The van der Waals surface area contributed by atoms with Crippen LogP contribution >= 0.6 is 0 Å². The molecule has 0 N–H and O–H groups in total. The molecule has 0 radical (unpaired) electrons. The van der Waals surface area contributed by atoms with Gasteiger partial charge in [-0.3, -0.25) is 4.79 Å². The maximum Gasteiger partial charge on any atom is 0.223 e. The second-order valence-electron chi connectivity index (χ2n) is 9.41. The summed E-state index contributed by atoms with van der Waals surface area (Å²) in [5, 5.41) is 4.83. The van der Waals surface area contributed by atoms with E-state index in [2.05, 4.69) is 44.4 Å². The molecule has 0 bridgehead atoms. The quantitative estimate of drug-likeness (QED) is 0.612. The second kappa shape index (κ2) is 10.5. The predicted octanol–water partition coefficient (Wildman–Crippen LogP) is 4.24. The number of nitrogens with zero attached hydrogens (tertiary/aromatic N) is 5. The van der Waals surface area contributed by atoms with Crippen LogP contribution in [-0.2, 0) is 11.3 Å². The number of benzene rings is 1. The summed E-state index contributed by atoms with van der Waals surface area (Å²) in [7, 11) is 0. The van der Waals surface area contributed by atoms with Gasteiger partial charge in [0, 0.05) is 44.2 Å². The summed E-state index contributed by atoms with van der Waals surface area (Å²) in [6.45, 7) is 17.7. The van der Waals surface area contributed by atoms with Crippen LogP contribution in [0.1, 0.15) is 52.3 Å². The van der Waals surface area contributed by atoms with Crippen LogP contribution in [0.3, 0.4) is 0 Å². The number of anilines is 1. The standard InChI is InChI=1S/C25H38FN5O/c1-7-28-11-13-29(14-12-28)25-23(17-30(19(4)5)24(32)15-18(2)3)20(6)27-31(25)22-10-8-9-21(26)16-22/h8-10,16,18-19H,7,11-15,17H2,1-6H3. The molecule has 1 amide bonds. The SMILES string of the molecule is CCN1CCN(c2c(CN(C(=O)CC(C)C)C(C)C)c(C)nn2-c2cccc(F)c2)CC1. The van der Waals surface area contributed by atoms with Crippen LogP contribution in [0.4, 0.5) is 10.2 Å². The topological polar surface area (TPSA) is 44.6 Å². The summed E-state index contributed by atoms with van der Waals surface area (Å²) in [5.41, 5.74) is 2.63. The molecule has 7 heteroatoms. The van der Waals surface area contributed by atoms with Gasteiger partial charge in [-0.25, -0.2) is 9.07 Å².